The summed E-state index contributed by atoms with van der Waals surface area (Å²) in [6, 6.07) is 0. The number of aliphatic carboxylic acids is 2. The first-order valence-electron chi connectivity index (χ1n) is 4.44. The molecule has 0 rings (SSSR count). The first kappa shape index (κ1) is 18.5. The summed E-state index contributed by atoms with van der Waals surface area (Å²) in [5.74, 6) is -4.07. The van der Waals surface area contributed by atoms with Gasteiger partial charge in [-0.25, -0.2) is 0 Å². The van der Waals surface area contributed by atoms with Crippen LogP contribution < -0.4 is 0 Å². The van der Waals surface area contributed by atoms with Crippen LogP contribution in [0.4, 0.5) is 0 Å². The average Bonchev–Trinajstić information content (AvgIpc) is 2.11. The molecule has 0 spiro atoms. The van der Waals surface area contributed by atoms with Gasteiger partial charge in [0, 0.05) is 6.42 Å². The highest BCUT2D eigenvalue weighted by atomic mass is 35.5. The number of halogens is 1. The van der Waals surface area contributed by atoms with Crippen molar-refractivity contribution < 1.29 is 48.5 Å². The van der Waals surface area contributed by atoms with E-state index >= 15 is 0 Å². The van der Waals surface area contributed by atoms with Gasteiger partial charge in [-0.1, -0.05) is 0 Å². The van der Waals surface area contributed by atoms with Gasteiger partial charge in [0.1, 0.15) is 5.12 Å². The number of rotatable bonds is 7. The zero-order chi connectivity index (χ0) is 15.6. The molecule has 13 heteroatoms. The molecule has 2 unspecified atom stereocenters. The van der Waals surface area contributed by atoms with Gasteiger partial charge >= 0.3 is 27.1 Å². The Bertz CT molecular complexity index is 465. The first-order chi connectivity index (χ1) is 8.24. The van der Waals surface area contributed by atoms with Crippen LogP contribution in [-0.2, 0) is 18.7 Å². The van der Waals surface area contributed by atoms with E-state index in [1.165, 1.54) is 0 Å². The van der Waals surface area contributed by atoms with Crippen molar-refractivity contribution in [2.24, 2.45) is 0 Å². The smallest absolute Gasteiger partial charge is 0.343 e. The molecule has 0 aromatic rings. The van der Waals surface area contributed by atoms with E-state index in [0.29, 0.717) is 0 Å². The Morgan fingerprint density at radius 1 is 1.11 bits per heavy atom. The molecule has 6 N–H and O–H groups in total. The SMILES string of the molecule is O=C(O)CC(CC(Cl)P(=O)(O)O)(C(=O)O)P(=O)(O)O. The summed E-state index contributed by atoms with van der Waals surface area (Å²) >= 11 is 5.21. The normalized spacial score (nSPS) is 17.5. The van der Waals surface area contributed by atoms with Crippen molar-refractivity contribution in [1.82, 2.24) is 0 Å². The summed E-state index contributed by atoms with van der Waals surface area (Å²) in [5.41, 5.74) is 0. The molecule has 0 aliphatic heterocycles. The molecular formula is C6H11ClO10P2. The predicted molar refractivity (Wildman–Crippen MR) is 61.0 cm³/mol. The summed E-state index contributed by atoms with van der Waals surface area (Å²) in [6.45, 7) is 0. The zero-order valence-corrected chi connectivity index (χ0v) is 11.6. The monoisotopic (exact) mass is 340 g/mol. The van der Waals surface area contributed by atoms with E-state index in [0.717, 1.165) is 0 Å². The lowest BCUT2D eigenvalue weighted by Gasteiger charge is -2.30. The highest BCUT2D eigenvalue weighted by Crippen LogP contribution is 2.59. The maximum atomic E-state index is 11.2. The Morgan fingerprint density at radius 3 is 1.74 bits per heavy atom. The van der Waals surface area contributed by atoms with Crippen molar-refractivity contribution in [2.45, 2.75) is 23.1 Å². The maximum Gasteiger partial charge on any atom is 0.343 e. The van der Waals surface area contributed by atoms with Crippen molar-refractivity contribution in [3.63, 3.8) is 0 Å². The molecule has 0 radical (unpaired) electrons. The van der Waals surface area contributed by atoms with E-state index in [9.17, 15) is 18.7 Å². The largest absolute Gasteiger partial charge is 0.481 e. The summed E-state index contributed by atoms with van der Waals surface area (Å²) < 4.78 is 22.0. The van der Waals surface area contributed by atoms with E-state index in [1.54, 1.807) is 0 Å². The van der Waals surface area contributed by atoms with Crippen LogP contribution in [0.1, 0.15) is 12.8 Å². The van der Waals surface area contributed by atoms with E-state index in [-0.39, 0.29) is 0 Å². The van der Waals surface area contributed by atoms with Gasteiger partial charge in [0.05, 0.1) is 6.42 Å². The van der Waals surface area contributed by atoms with Crippen molar-refractivity contribution in [2.75, 3.05) is 0 Å². The Hall–Kier alpha value is -0.470. The molecule has 0 saturated heterocycles. The van der Waals surface area contributed by atoms with Gasteiger partial charge in [0.15, 0.2) is 5.16 Å². The van der Waals surface area contributed by atoms with Crippen LogP contribution in [0, 0.1) is 0 Å². The number of hydrogen-bond acceptors (Lipinski definition) is 4. The van der Waals surface area contributed by atoms with Gasteiger partial charge in [-0.05, 0) is 0 Å². The van der Waals surface area contributed by atoms with Crippen molar-refractivity contribution in [3.05, 3.63) is 0 Å². The molecule has 2 atom stereocenters. The minimum Gasteiger partial charge on any atom is -0.481 e. The molecule has 0 bridgehead atoms. The van der Waals surface area contributed by atoms with E-state index in [2.05, 4.69) is 0 Å². The lowest BCUT2D eigenvalue weighted by atomic mass is 10.0. The van der Waals surface area contributed by atoms with Gasteiger partial charge in [0.25, 0.3) is 0 Å². The molecule has 0 fully saturated rings. The lowest BCUT2D eigenvalue weighted by Crippen LogP contribution is -2.42. The van der Waals surface area contributed by atoms with Gasteiger partial charge in [0.2, 0.25) is 0 Å². The number of carboxylic acid groups (broad SMARTS) is 2. The Labute approximate surface area is 111 Å². The molecular weight excluding hydrogens is 329 g/mol. The third kappa shape index (κ3) is 4.54. The number of alkyl halides is 1. The molecule has 112 valence electrons. The van der Waals surface area contributed by atoms with Crippen LogP contribution >= 0.6 is 26.8 Å². The highest BCUT2D eigenvalue weighted by Gasteiger charge is 2.58. The van der Waals surface area contributed by atoms with Crippen LogP contribution in [0.15, 0.2) is 0 Å². The fourth-order valence-electron chi connectivity index (χ4n) is 1.23. The third-order valence-electron chi connectivity index (χ3n) is 2.27. The topological polar surface area (TPSA) is 190 Å². The highest BCUT2D eigenvalue weighted by molar-refractivity contribution is 7.56. The third-order valence-corrected chi connectivity index (χ3v) is 5.75. The summed E-state index contributed by atoms with van der Waals surface area (Å²) in [4.78, 5) is 57.0. The van der Waals surface area contributed by atoms with Gasteiger partial charge in [-0.15, -0.1) is 11.6 Å². The quantitative estimate of drug-likeness (QED) is 0.262. The van der Waals surface area contributed by atoms with Crippen molar-refractivity contribution in [3.8, 4) is 0 Å². The van der Waals surface area contributed by atoms with Crippen LogP contribution in [-0.4, -0.2) is 52.0 Å². The zero-order valence-electron chi connectivity index (χ0n) is 9.08. The van der Waals surface area contributed by atoms with Crippen LogP contribution in [0.2, 0.25) is 0 Å². The second-order valence-corrected chi connectivity index (χ2v) is 8.26. The predicted octanol–water partition coefficient (Wildman–Crippen LogP) is -0.405. The van der Waals surface area contributed by atoms with Crippen LogP contribution in [0.5, 0.6) is 0 Å². The van der Waals surface area contributed by atoms with Crippen LogP contribution in [0.25, 0.3) is 0 Å². The minimum atomic E-state index is -5.55. The Kier molecular flexibility index (Phi) is 5.74. The number of carboxylic acids is 2. The summed E-state index contributed by atoms with van der Waals surface area (Å²) in [6.07, 6.45) is -2.93. The Balaban J connectivity index is 5.75. The standard InChI is InChI=1S/C6H11ClO10P2/c7-3(18(12,13)14)1-6(5(10)11,2-4(8)9)19(15,16)17/h3H,1-2H2,(H,8,9)(H,10,11)(H2,12,13,14)(H2,15,16,17). The second-order valence-electron chi connectivity index (χ2n) is 3.68. The molecule has 0 aliphatic carbocycles. The fourth-order valence-corrected chi connectivity index (χ4v) is 3.30. The fraction of sp³-hybridized carbons (Fsp3) is 0.667. The summed E-state index contributed by atoms with van der Waals surface area (Å²) in [7, 11) is -10.6. The molecule has 0 saturated carbocycles. The van der Waals surface area contributed by atoms with Crippen molar-refractivity contribution in [1.29, 1.82) is 0 Å². The lowest BCUT2D eigenvalue weighted by molar-refractivity contribution is -0.147. The van der Waals surface area contributed by atoms with Gasteiger partial charge < -0.3 is 29.8 Å². The molecule has 0 aromatic carbocycles. The first-order valence-corrected chi connectivity index (χ1v) is 8.17. The molecule has 10 nitrogen and oxygen atoms in total. The number of hydrogen-bond donors (Lipinski definition) is 6. The molecule has 0 amide bonds. The molecule has 0 aromatic heterocycles. The van der Waals surface area contributed by atoms with E-state index in [1.807, 2.05) is 0 Å². The van der Waals surface area contributed by atoms with Gasteiger partial charge in [-0.2, -0.15) is 0 Å². The molecule has 0 aliphatic rings. The van der Waals surface area contributed by atoms with E-state index in [4.69, 9.17) is 41.4 Å². The molecule has 0 heterocycles. The molecule has 19 heavy (non-hydrogen) atoms. The average molecular weight is 341 g/mol. The second kappa shape index (κ2) is 5.88. The Morgan fingerprint density at radius 2 is 1.53 bits per heavy atom. The minimum absolute atomic E-state index is 1.40. The van der Waals surface area contributed by atoms with Gasteiger partial charge in [-0.3, -0.25) is 18.7 Å². The van der Waals surface area contributed by atoms with Crippen LogP contribution in [0.3, 0.4) is 0 Å². The van der Waals surface area contributed by atoms with E-state index < -0.39 is 50.2 Å². The van der Waals surface area contributed by atoms with Crippen molar-refractivity contribution >= 4 is 38.7 Å². The number of carbonyl (C=O) groups is 2. The maximum absolute atomic E-state index is 11.2. The summed E-state index contributed by atoms with van der Waals surface area (Å²) in [5, 5.41) is 11.9.